The van der Waals surface area contributed by atoms with E-state index < -0.39 is 0 Å². The summed E-state index contributed by atoms with van der Waals surface area (Å²) in [6.45, 7) is 10.8. The zero-order valence-electron chi connectivity index (χ0n) is 23.0. The van der Waals surface area contributed by atoms with Crippen LogP contribution in [0.25, 0.3) is 0 Å². The van der Waals surface area contributed by atoms with Gasteiger partial charge >= 0.3 is 0 Å². The van der Waals surface area contributed by atoms with Crippen LogP contribution in [-0.4, -0.2) is 78.3 Å². The van der Waals surface area contributed by atoms with Gasteiger partial charge in [0.2, 0.25) is 5.91 Å². The average molecular weight is 517 g/mol. The maximum absolute atomic E-state index is 13.9. The Morgan fingerprint density at radius 3 is 2.39 bits per heavy atom. The summed E-state index contributed by atoms with van der Waals surface area (Å²) in [6, 6.07) is 14.5. The highest BCUT2D eigenvalue weighted by Crippen LogP contribution is 2.34. The van der Waals surface area contributed by atoms with Gasteiger partial charge in [0.15, 0.2) is 0 Å². The second-order valence-electron chi connectivity index (χ2n) is 11.1. The molecule has 0 bridgehead atoms. The maximum atomic E-state index is 13.9. The van der Waals surface area contributed by atoms with Crippen molar-refractivity contribution in [2.24, 2.45) is 11.0 Å². The van der Waals surface area contributed by atoms with Crippen molar-refractivity contribution in [3.63, 3.8) is 0 Å². The molecule has 0 spiro atoms. The van der Waals surface area contributed by atoms with E-state index in [1.807, 2.05) is 0 Å². The molecule has 0 unspecified atom stereocenters. The number of ether oxygens (including phenoxy) is 1. The van der Waals surface area contributed by atoms with Crippen molar-refractivity contribution in [2.75, 3.05) is 45.9 Å². The van der Waals surface area contributed by atoms with Crippen molar-refractivity contribution < 1.29 is 14.3 Å². The molecule has 0 N–H and O–H groups in total. The lowest BCUT2D eigenvalue weighted by Crippen LogP contribution is -2.49. The molecule has 7 heteroatoms. The van der Waals surface area contributed by atoms with Gasteiger partial charge in [-0.15, -0.1) is 0 Å². The summed E-state index contributed by atoms with van der Waals surface area (Å²) in [5, 5.41) is 6.53. The summed E-state index contributed by atoms with van der Waals surface area (Å²) in [5.41, 5.74) is 6.66. The molecule has 38 heavy (non-hydrogen) atoms. The fourth-order valence-corrected chi connectivity index (χ4v) is 5.39. The van der Waals surface area contributed by atoms with Crippen LogP contribution in [0.5, 0.6) is 0 Å². The molecule has 2 aromatic carbocycles. The van der Waals surface area contributed by atoms with Crippen LogP contribution in [-0.2, 0) is 14.3 Å². The predicted molar refractivity (Wildman–Crippen MR) is 149 cm³/mol. The molecular formula is C31H40N4O3. The Morgan fingerprint density at radius 2 is 1.74 bits per heavy atom. The van der Waals surface area contributed by atoms with Gasteiger partial charge in [-0.25, -0.2) is 5.01 Å². The summed E-state index contributed by atoms with van der Waals surface area (Å²) in [7, 11) is 0. The van der Waals surface area contributed by atoms with Gasteiger partial charge in [0.25, 0.3) is 5.91 Å². The maximum Gasteiger partial charge on any atom is 0.262 e. The SMILES string of the molecule is Cc1ccc([C@@H]2CC(c3ccc(C)c(C)c3)=NN2C(=O)CN(CCN2CCOCC2)C(=O)C2CCC2)cc1. The van der Waals surface area contributed by atoms with E-state index in [9.17, 15) is 9.59 Å². The van der Waals surface area contributed by atoms with E-state index in [1.54, 1.807) is 9.91 Å². The number of carbonyl (C=O) groups excluding carboxylic acids is 2. The van der Waals surface area contributed by atoms with Crippen LogP contribution in [0.3, 0.4) is 0 Å². The quantitative estimate of drug-likeness (QED) is 0.526. The standard InChI is InChI=1S/C31H40N4O3/c1-22-7-10-25(11-8-22)29-20-28(27-12-9-23(2)24(3)19-27)32-35(29)30(36)21-34(31(37)26-5-4-6-26)14-13-33-15-17-38-18-16-33/h7-12,19,26,29H,4-6,13-18,20-21H2,1-3H3/t29-/m0/s1. The lowest BCUT2D eigenvalue weighted by atomic mass is 9.84. The third-order valence-electron chi connectivity index (χ3n) is 8.35. The zero-order valence-corrected chi connectivity index (χ0v) is 23.0. The third-order valence-corrected chi connectivity index (χ3v) is 8.35. The van der Waals surface area contributed by atoms with Gasteiger partial charge in [-0.05, 0) is 61.9 Å². The zero-order chi connectivity index (χ0) is 26.6. The van der Waals surface area contributed by atoms with E-state index in [0.717, 1.165) is 68.9 Å². The van der Waals surface area contributed by atoms with E-state index in [0.29, 0.717) is 13.0 Å². The van der Waals surface area contributed by atoms with Crippen molar-refractivity contribution in [1.29, 1.82) is 0 Å². The number of hydrazone groups is 1. The largest absolute Gasteiger partial charge is 0.379 e. The topological polar surface area (TPSA) is 65.5 Å². The smallest absolute Gasteiger partial charge is 0.262 e. The molecule has 0 radical (unpaired) electrons. The Hall–Kier alpha value is -3.03. The number of nitrogens with zero attached hydrogens (tertiary/aromatic N) is 4. The first-order chi connectivity index (χ1) is 18.4. The molecule has 2 heterocycles. The molecule has 1 saturated carbocycles. The number of aryl methyl sites for hydroxylation is 3. The number of benzene rings is 2. The van der Waals surface area contributed by atoms with Crippen LogP contribution in [0.1, 0.15) is 59.5 Å². The molecular weight excluding hydrogens is 476 g/mol. The normalized spacial score (nSPS) is 20.2. The average Bonchev–Trinajstić information content (AvgIpc) is 3.34. The molecule has 0 aromatic heterocycles. The molecule has 1 aliphatic carbocycles. The van der Waals surface area contributed by atoms with Crippen molar-refractivity contribution in [3.8, 4) is 0 Å². The minimum atomic E-state index is -0.181. The second kappa shape index (κ2) is 11.8. The fraction of sp³-hybridized carbons (Fsp3) is 0.516. The second-order valence-corrected chi connectivity index (χ2v) is 11.1. The van der Waals surface area contributed by atoms with Crippen LogP contribution >= 0.6 is 0 Å². The van der Waals surface area contributed by atoms with E-state index >= 15 is 0 Å². The number of hydrogen-bond acceptors (Lipinski definition) is 5. The molecule has 2 aliphatic heterocycles. The molecule has 1 atom stereocenters. The van der Waals surface area contributed by atoms with Crippen LogP contribution in [0.2, 0.25) is 0 Å². The van der Waals surface area contributed by atoms with E-state index in [2.05, 4.69) is 68.1 Å². The molecule has 1 saturated heterocycles. The molecule has 5 rings (SSSR count). The van der Waals surface area contributed by atoms with Crippen molar-refractivity contribution >= 4 is 17.5 Å². The fourth-order valence-electron chi connectivity index (χ4n) is 5.39. The van der Waals surface area contributed by atoms with Crippen LogP contribution in [0, 0.1) is 26.7 Å². The Labute approximate surface area is 226 Å². The third kappa shape index (κ3) is 6.00. The number of rotatable bonds is 8. The lowest BCUT2D eigenvalue weighted by molar-refractivity contribution is -0.145. The highest BCUT2D eigenvalue weighted by Gasteiger charge is 2.36. The van der Waals surface area contributed by atoms with Crippen molar-refractivity contribution in [2.45, 2.75) is 52.5 Å². The van der Waals surface area contributed by atoms with E-state index in [1.165, 1.54) is 16.7 Å². The number of carbonyl (C=O) groups is 2. The van der Waals surface area contributed by atoms with E-state index in [4.69, 9.17) is 9.84 Å². The summed E-state index contributed by atoms with van der Waals surface area (Å²) in [5.74, 6) is 0.0416. The highest BCUT2D eigenvalue weighted by atomic mass is 16.5. The van der Waals surface area contributed by atoms with Crippen LogP contribution < -0.4 is 0 Å². The summed E-state index contributed by atoms with van der Waals surface area (Å²) in [6.07, 6.45) is 3.59. The minimum absolute atomic E-state index is 0.0496. The number of morpholine rings is 1. The minimum Gasteiger partial charge on any atom is -0.379 e. The van der Waals surface area contributed by atoms with Crippen LogP contribution in [0.4, 0.5) is 0 Å². The van der Waals surface area contributed by atoms with Gasteiger partial charge in [-0.1, -0.05) is 48.4 Å². The molecule has 2 fully saturated rings. The summed E-state index contributed by atoms with van der Waals surface area (Å²) >= 11 is 0. The summed E-state index contributed by atoms with van der Waals surface area (Å²) in [4.78, 5) is 31.4. The van der Waals surface area contributed by atoms with Gasteiger partial charge in [0.05, 0.1) is 25.0 Å². The molecule has 7 nitrogen and oxygen atoms in total. The van der Waals surface area contributed by atoms with Crippen LogP contribution in [0.15, 0.2) is 47.6 Å². The van der Waals surface area contributed by atoms with Gasteiger partial charge in [0.1, 0.15) is 6.54 Å². The Kier molecular flexibility index (Phi) is 8.24. The van der Waals surface area contributed by atoms with E-state index in [-0.39, 0.29) is 30.3 Å². The molecule has 3 aliphatic rings. The molecule has 202 valence electrons. The molecule has 2 amide bonds. The predicted octanol–water partition coefficient (Wildman–Crippen LogP) is 4.25. The Bertz CT molecular complexity index is 1180. The van der Waals surface area contributed by atoms with Gasteiger partial charge in [-0.2, -0.15) is 5.10 Å². The Morgan fingerprint density at radius 1 is 1.00 bits per heavy atom. The number of amides is 2. The van der Waals surface area contributed by atoms with Crippen molar-refractivity contribution in [1.82, 2.24) is 14.8 Å². The Balaban J connectivity index is 1.38. The van der Waals surface area contributed by atoms with Crippen molar-refractivity contribution in [3.05, 3.63) is 70.3 Å². The summed E-state index contributed by atoms with van der Waals surface area (Å²) < 4.78 is 5.47. The molecule has 2 aromatic rings. The lowest BCUT2D eigenvalue weighted by Gasteiger charge is -2.34. The number of hydrogen-bond donors (Lipinski definition) is 0. The first-order valence-corrected chi connectivity index (χ1v) is 14.0. The monoisotopic (exact) mass is 516 g/mol. The highest BCUT2D eigenvalue weighted by molar-refractivity contribution is 6.03. The van der Waals surface area contributed by atoms with Gasteiger partial charge < -0.3 is 9.64 Å². The first-order valence-electron chi connectivity index (χ1n) is 14.0. The first kappa shape index (κ1) is 26.6. The van der Waals surface area contributed by atoms with Gasteiger partial charge in [-0.3, -0.25) is 14.5 Å². The van der Waals surface area contributed by atoms with Gasteiger partial charge in [0, 0.05) is 38.5 Å².